The summed E-state index contributed by atoms with van der Waals surface area (Å²) in [6, 6.07) is 85.5. The Morgan fingerprint density at radius 3 is 1.38 bits per heavy atom. The highest BCUT2D eigenvalue weighted by Crippen LogP contribution is 2.53. The van der Waals surface area contributed by atoms with Gasteiger partial charge in [0.15, 0.2) is 11.2 Å². The molecule has 3 heterocycles. The van der Waals surface area contributed by atoms with Crippen LogP contribution in [0.25, 0.3) is 78.5 Å². The maximum atomic E-state index is 6.17. The highest BCUT2D eigenvalue weighted by Gasteiger charge is 2.37. The van der Waals surface area contributed by atoms with Gasteiger partial charge in [-0.15, -0.1) is 0 Å². The number of hydrogen-bond donors (Lipinski definition) is 0. The molecule has 0 unspecified atom stereocenters. The van der Waals surface area contributed by atoms with Crippen LogP contribution in [-0.2, 0) is 5.41 Å². The van der Waals surface area contributed by atoms with Crippen LogP contribution in [0.2, 0.25) is 0 Å². The monoisotopic (exact) mass is 914 g/mol. The van der Waals surface area contributed by atoms with Crippen LogP contribution in [0, 0.1) is 0 Å². The van der Waals surface area contributed by atoms with E-state index in [1.807, 2.05) is 54.6 Å². The Bertz CT molecular complexity index is 3840. The van der Waals surface area contributed by atoms with Gasteiger partial charge in [-0.05, 0) is 160 Å². The zero-order valence-electron chi connectivity index (χ0n) is 39.2. The molecule has 0 saturated carbocycles. The minimum absolute atomic E-state index is 0.242. The summed E-state index contributed by atoms with van der Waals surface area (Å²) in [6.45, 7) is 4.67. The zero-order chi connectivity index (χ0) is 47.5. The summed E-state index contributed by atoms with van der Waals surface area (Å²) in [5.74, 6) is 1.24. The summed E-state index contributed by atoms with van der Waals surface area (Å²) in [5.41, 5.74) is 21.0. The van der Waals surface area contributed by atoms with E-state index in [0.29, 0.717) is 11.8 Å². The van der Waals surface area contributed by atoms with Gasteiger partial charge in [-0.1, -0.05) is 141 Å². The van der Waals surface area contributed by atoms with Gasteiger partial charge in [-0.2, -0.15) is 0 Å². The molecule has 6 nitrogen and oxygen atoms in total. The number of rotatable bonds is 9. The third-order valence-corrected chi connectivity index (χ3v) is 13.9. The predicted molar refractivity (Wildman–Crippen MR) is 290 cm³/mol. The Morgan fingerprint density at radius 2 is 0.789 bits per heavy atom. The standard InChI is InChI=1S/C65H46N4O2/c1-65(2)55-20-6-9-23-59(55)69(60-39-32-48(42-56(60)65)47-15-13-17-50(41-47)64-67-58-22-8-11-25-62(58)71-64)54-37-28-44(29-38-54)43-26-33-52(34-27-43)68(51-18-4-3-5-19-51)53-35-30-45(31-36-53)46-14-12-16-49(40-46)63-66-57-21-7-10-24-61(57)70-63/h3-42H,1-2H3. The molecule has 0 spiro atoms. The topological polar surface area (TPSA) is 58.5 Å². The van der Waals surface area contributed by atoms with Crippen molar-refractivity contribution in [3.8, 4) is 56.3 Å². The number of hydrogen-bond acceptors (Lipinski definition) is 6. The van der Waals surface area contributed by atoms with Crippen molar-refractivity contribution in [2.75, 3.05) is 9.80 Å². The zero-order valence-corrected chi connectivity index (χ0v) is 39.2. The third kappa shape index (κ3) is 7.54. The SMILES string of the molecule is CC1(C)c2ccccc2N(c2ccc(-c3ccc(N(c4ccccc4)c4ccc(-c5cccc(-c6nc7ccccc7o6)c5)cc4)cc3)cc2)c2ccc(-c3cccc(-c4nc5ccccc5o4)c3)cc21. The van der Waals surface area contributed by atoms with Crippen molar-refractivity contribution in [3.05, 3.63) is 254 Å². The van der Waals surface area contributed by atoms with Gasteiger partial charge in [-0.3, -0.25) is 0 Å². The van der Waals surface area contributed by atoms with Gasteiger partial charge >= 0.3 is 0 Å². The first-order chi connectivity index (χ1) is 34.9. The van der Waals surface area contributed by atoms with Crippen LogP contribution in [0.1, 0.15) is 25.0 Å². The number of anilines is 6. The molecule has 0 N–H and O–H groups in total. The van der Waals surface area contributed by atoms with Crippen LogP contribution < -0.4 is 9.80 Å². The largest absolute Gasteiger partial charge is 0.436 e. The first-order valence-corrected chi connectivity index (χ1v) is 24.0. The van der Waals surface area contributed by atoms with E-state index in [1.54, 1.807) is 0 Å². The summed E-state index contributed by atoms with van der Waals surface area (Å²) in [5, 5.41) is 0. The van der Waals surface area contributed by atoms with Crippen molar-refractivity contribution < 1.29 is 8.83 Å². The molecule has 71 heavy (non-hydrogen) atoms. The quantitative estimate of drug-likeness (QED) is 0.144. The fourth-order valence-electron chi connectivity index (χ4n) is 10.2. The normalized spacial score (nSPS) is 12.7. The molecule has 0 amide bonds. The van der Waals surface area contributed by atoms with Crippen LogP contribution >= 0.6 is 0 Å². The van der Waals surface area contributed by atoms with E-state index in [4.69, 9.17) is 18.8 Å². The molecule has 13 rings (SSSR count). The molecule has 2 aromatic heterocycles. The van der Waals surface area contributed by atoms with Crippen molar-refractivity contribution in [3.63, 3.8) is 0 Å². The van der Waals surface area contributed by atoms with Crippen LogP contribution in [0.5, 0.6) is 0 Å². The molecule has 1 aliphatic heterocycles. The lowest BCUT2D eigenvalue weighted by Gasteiger charge is -2.42. The minimum atomic E-state index is -0.242. The Morgan fingerprint density at radius 1 is 0.352 bits per heavy atom. The van der Waals surface area contributed by atoms with Gasteiger partial charge in [0.25, 0.3) is 0 Å². The van der Waals surface area contributed by atoms with Crippen LogP contribution in [0.4, 0.5) is 34.1 Å². The second kappa shape index (κ2) is 17.1. The van der Waals surface area contributed by atoms with Crippen LogP contribution in [-0.4, -0.2) is 9.97 Å². The summed E-state index contributed by atoms with van der Waals surface area (Å²) in [4.78, 5) is 14.2. The third-order valence-electron chi connectivity index (χ3n) is 13.9. The lowest BCUT2D eigenvalue weighted by Crippen LogP contribution is -2.30. The summed E-state index contributed by atoms with van der Waals surface area (Å²) in [7, 11) is 0. The van der Waals surface area contributed by atoms with E-state index in [2.05, 4.69) is 212 Å². The molecule has 0 atom stereocenters. The fourth-order valence-corrected chi connectivity index (χ4v) is 10.2. The van der Waals surface area contributed by atoms with Crippen molar-refractivity contribution in [1.82, 2.24) is 9.97 Å². The molecule has 338 valence electrons. The van der Waals surface area contributed by atoms with Gasteiger partial charge in [0.1, 0.15) is 11.0 Å². The lowest BCUT2D eigenvalue weighted by molar-refractivity contribution is 0.619. The Hall–Kier alpha value is -9.26. The highest BCUT2D eigenvalue weighted by atomic mass is 16.4. The Balaban J connectivity index is 0.787. The fraction of sp³-hybridized carbons (Fsp3) is 0.0462. The summed E-state index contributed by atoms with van der Waals surface area (Å²) < 4.78 is 12.3. The molecule has 6 heteroatoms. The molecule has 1 aliphatic rings. The molecule has 0 radical (unpaired) electrons. The predicted octanol–water partition coefficient (Wildman–Crippen LogP) is 17.9. The van der Waals surface area contributed by atoms with Crippen molar-refractivity contribution in [2.24, 2.45) is 0 Å². The van der Waals surface area contributed by atoms with Gasteiger partial charge in [-0.25, -0.2) is 9.97 Å². The number of aromatic nitrogens is 2. The van der Waals surface area contributed by atoms with Gasteiger partial charge in [0.05, 0.1) is 11.4 Å². The van der Waals surface area contributed by atoms with E-state index in [1.165, 1.54) is 22.5 Å². The van der Waals surface area contributed by atoms with Gasteiger partial charge in [0, 0.05) is 39.3 Å². The molecule has 0 aliphatic carbocycles. The Labute approximate surface area is 412 Å². The van der Waals surface area contributed by atoms with Gasteiger partial charge < -0.3 is 18.6 Å². The second-order valence-corrected chi connectivity index (χ2v) is 18.7. The van der Waals surface area contributed by atoms with E-state index < -0.39 is 0 Å². The lowest BCUT2D eigenvalue weighted by atomic mass is 9.73. The average Bonchev–Trinajstić information content (AvgIpc) is 4.08. The Kier molecular flexibility index (Phi) is 10.1. The highest BCUT2D eigenvalue weighted by molar-refractivity contribution is 5.89. The molecule has 0 fully saturated rings. The number of oxazole rings is 2. The van der Waals surface area contributed by atoms with Crippen LogP contribution in [0.15, 0.2) is 251 Å². The molecular weight excluding hydrogens is 869 g/mol. The van der Waals surface area contributed by atoms with E-state index >= 15 is 0 Å². The first-order valence-electron chi connectivity index (χ1n) is 24.0. The van der Waals surface area contributed by atoms with E-state index in [9.17, 15) is 0 Å². The van der Waals surface area contributed by atoms with E-state index in [0.717, 1.165) is 89.5 Å². The summed E-state index contributed by atoms with van der Waals surface area (Å²) in [6.07, 6.45) is 0. The first kappa shape index (κ1) is 41.9. The van der Waals surface area contributed by atoms with Crippen molar-refractivity contribution in [1.29, 1.82) is 0 Å². The number of para-hydroxylation sites is 6. The molecular formula is C65H46N4O2. The smallest absolute Gasteiger partial charge is 0.227 e. The number of nitrogens with zero attached hydrogens (tertiary/aromatic N) is 4. The maximum Gasteiger partial charge on any atom is 0.227 e. The maximum absolute atomic E-state index is 6.17. The number of benzene rings is 10. The summed E-state index contributed by atoms with van der Waals surface area (Å²) >= 11 is 0. The molecule has 12 aromatic rings. The van der Waals surface area contributed by atoms with Crippen LogP contribution in [0.3, 0.4) is 0 Å². The molecule has 0 saturated heterocycles. The van der Waals surface area contributed by atoms with Crippen molar-refractivity contribution in [2.45, 2.75) is 19.3 Å². The van der Waals surface area contributed by atoms with Crippen molar-refractivity contribution >= 4 is 56.3 Å². The average molecular weight is 915 g/mol. The van der Waals surface area contributed by atoms with Gasteiger partial charge in [0.2, 0.25) is 11.8 Å². The molecule has 0 bridgehead atoms. The molecule has 10 aromatic carbocycles. The minimum Gasteiger partial charge on any atom is -0.436 e. The number of fused-ring (bicyclic) bond motifs is 4. The van der Waals surface area contributed by atoms with E-state index in [-0.39, 0.29) is 5.41 Å². The second-order valence-electron chi connectivity index (χ2n) is 18.7.